The van der Waals surface area contributed by atoms with Gasteiger partial charge in [0.2, 0.25) is 0 Å². The first kappa shape index (κ1) is 12.5. The molecule has 0 spiro atoms. The molecular formula is C11H17BrN2O. The number of rotatable bonds is 4. The van der Waals surface area contributed by atoms with E-state index in [-0.39, 0.29) is 12.6 Å². The molecule has 1 aromatic heterocycles. The van der Waals surface area contributed by atoms with E-state index in [9.17, 15) is 5.11 Å². The number of aryl methyl sites for hydroxylation is 1. The van der Waals surface area contributed by atoms with E-state index in [0.29, 0.717) is 5.92 Å². The van der Waals surface area contributed by atoms with E-state index < -0.39 is 0 Å². The molecule has 1 atom stereocenters. The number of pyridine rings is 1. The fraction of sp³-hybridized carbons (Fsp3) is 0.545. The molecule has 0 saturated carbocycles. The molecule has 1 aromatic rings. The molecule has 0 aliphatic carbocycles. The van der Waals surface area contributed by atoms with E-state index in [4.69, 9.17) is 0 Å². The standard InChI is InChI=1S/C11H17BrN2O/c1-7(2)10(6-15)14-11-4-8(3)9(12)5-13-11/h4-5,7,10,15H,6H2,1-3H3,(H,13,14)/t10-/m1/s1. The Labute approximate surface area is 99.1 Å². The van der Waals surface area contributed by atoms with Crippen LogP contribution < -0.4 is 5.32 Å². The van der Waals surface area contributed by atoms with E-state index in [0.717, 1.165) is 15.9 Å². The number of aliphatic hydroxyl groups excluding tert-OH is 1. The molecule has 3 nitrogen and oxygen atoms in total. The van der Waals surface area contributed by atoms with Gasteiger partial charge in [-0.3, -0.25) is 0 Å². The van der Waals surface area contributed by atoms with Crippen LogP contribution in [0.2, 0.25) is 0 Å². The Morgan fingerprint density at radius 2 is 2.20 bits per heavy atom. The summed E-state index contributed by atoms with van der Waals surface area (Å²) in [6.45, 7) is 6.27. The van der Waals surface area contributed by atoms with Crippen LogP contribution in [0.3, 0.4) is 0 Å². The van der Waals surface area contributed by atoms with Crippen LogP contribution in [-0.2, 0) is 0 Å². The maximum absolute atomic E-state index is 9.18. The number of aliphatic hydroxyl groups is 1. The van der Waals surface area contributed by atoms with Crippen LogP contribution in [0.15, 0.2) is 16.7 Å². The fourth-order valence-electron chi connectivity index (χ4n) is 1.23. The molecule has 1 rings (SSSR count). The molecule has 4 heteroatoms. The Hall–Kier alpha value is -0.610. The first-order chi connectivity index (χ1) is 7.04. The van der Waals surface area contributed by atoms with Gasteiger partial charge in [-0.15, -0.1) is 0 Å². The Morgan fingerprint density at radius 3 is 2.67 bits per heavy atom. The molecule has 84 valence electrons. The maximum Gasteiger partial charge on any atom is 0.126 e. The number of nitrogens with zero attached hydrogens (tertiary/aromatic N) is 1. The van der Waals surface area contributed by atoms with Gasteiger partial charge >= 0.3 is 0 Å². The molecule has 0 amide bonds. The monoisotopic (exact) mass is 272 g/mol. The SMILES string of the molecule is Cc1cc(N[C@H](CO)C(C)C)ncc1Br. The zero-order valence-corrected chi connectivity index (χ0v) is 10.9. The van der Waals surface area contributed by atoms with Crippen LogP contribution in [0.5, 0.6) is 0 Å². The predicted molar refractivity (Wildman–Crippen MR) is 66.0 cm³/mol. The van der Waals surface area contributed by atoms with Gasteiger partial charge in [0.05, 0.1) is 12.6 Å². The van der Waals surface area contributed by atoms with E-state index in [1.54, 1.807) is 6.20 Å². The summed E-state index contributed by atoms with van der Waals surface area (Å²) in [6.07, 6.45) is 1.77. The van der Waals surface area contributed by atoms with Crippen molar-refractivity contribution in [1.29, 1.82) is 0 Å². The van der Waals surface area contributed by atoms with Gasteiger partial charge < -0.3 is 10.4 Å². The third-order valence-electron chi connectivity index (χ3n) is 2.38. The lowest BCUT2D eigenvalue weighted by Gasteiger charge is -2.20. The van der Waals surface area contributed by atoms with Gasteiger partial charge in [-0.05, 0) is 40.4 Å². The summed E-state index contributed by atoms with van der Waals surface area (Å²) < 4.78 is 0.998. The van der Waals surface area contributed by atoms with Gasteiger partial charge in [0.25, 0.3) is 0 Å². The molecule has 0 unspecified atom stereocenters. The highest BCUT2D eigenvalue weighted by atomic mass is 79.9. The summed E-state index contributed by atoms with van der Waals surface area (Å²) in [5.74, 6) is 1.18. The van der Waals surface area contributed by atoms with Crippen LogP contribution in [0.4, 0.5) is 5.82 Å². The minimum Gasteiger partial charge on any atom is -0.394 e. The van der Waals surface area contributed by atoms with Crippen LogP contribution in [0, 0.1) is 12.8 Å². The quantitative estimate of drug-likeness (QED) is 0.886. The Bertz CT molecular complexity index is 328. The number of aromatic nitrogens is 1. The second-order valence-electron chi connectivity index (χ2n) is 4.00. The average Bonchev–Trinajstić information content (AvgIpc) is 2.19. The molecule has 0 aliphatic heterocycles. The summed E-state index contributed by atoms with van der Waals surface area (Å²) >= 11 is 3.40. The molecule has 0 saturated heterocycles. The van der Waals surface area contributed by atoms with Crippen molar-refractivity contribution in [1.82, 2.24) is 4.98 Å². The first-order valence-electron chi connectivity index (χ1n) is 5.04. The molecule has 1 heterocycles. The zero-order valence-electron chi connectivity index (χ0n) is 9.29. The van der Waals surface area contributed by atoms with Crippen molar-refractivity contribution in [2.75, 3.05) is 11.9 Å². The fourth-order valence-corrected chi connectivity index (χ4v) is 1.45. The molecule has 0 aliphatic rings. The number of halogens is 1. The number of hydrogen-bond donors (Lipinski definition) is 2. The normalized spacial score (nSPS) is 12.9. The van der Waals surface area contributed by atoms with Gasteiger partial charge in [0.15, 0.2) is 0 Å². The lowest BCUT2D eigenvalue weighted by molar-refractivity contribution is 0.249. The Balaban J connectivity index is 2.75. The number of anilines is 1. The lowest BCUT2D eigenvalue weighted by Crippen LogP contribution is -2.29. The largest absolute Gasteiger partial charge is 0.394 e. The van der Waals surface area contributed by atoms with Crippen molar-refractivity contribution >= 4 is 21.7 Å². The highest BCUT2D eigenvalue weighted by molar-refractivity contribution is 9.10. The molecule has 0 bridgehead atoms. The van der Waals surface area contributed by atoms with Crippen LogP contribution >= 0.6 is 15.9 Å². The van der Waals surface area contributed by atoms with E-state index in [1.165, 1.54) is 0 Å². The van der Waals surface area contributed by atoms with Crippen LogP contribution in [-0.4, -0.2) is 22.7 Å². The van der Waals surface area contributed by atoms with Crippen molar-refractivity contribution in [3.8, 4) is 0 Å². The summed E-state index contributed by atoms with van der Waals surface area (Å²) in [6, 6.07) is 2.02. The highest BCUT2D eigenvalue weighted by Gasteiger charge is 2.12. The molecule has 0 fully saturated rings. The minimum atomic E-state index is 0.0538. The zero-order chi connectivity index (χ0) is 11.4. The third kappa shape index (κ3) is 3.47. The predicted octanol–water partition coefficient (Wildman–Crippen LogP) is 2.58. The minimum absolute atomic E-state index is 0.0538. The smallest absolute Gasteiger partial charge is 0.126 e. The molecule has 0 radical (unpaired) electrons. The van der Waals surface area contributed by atoms with Crippen molar-refractivity contribution in [2.24, 2.45) is 5.92 Å². The second-order valence-corrected chi connectivity index (χ2v) is 4.85. The van der Waals surface area contributed by atoms with Crippen molar-refractivity contribution < 1.29 is 5.11 Å². The second kappa shape index (κ2) is 5.47. The molecule has 0 aromatic carbocycles. The molecule has 15 heavy (non-hydrogen) atoms. The van der Waals surface area contributed by atoms with Crippen LogP contribution in [0.25, 0.3) is 0 Å². The molecular weight excluding hydrogens is 256 g/mol. The van der Waals surface area contributed by atoms with Crippen molar-refractivity contribution in [3.63, 3.8) is 0 Å². The van der Waals surface area contributed by atoms with Gasteiger partial charge in [-0.25, -0.2) is 4.98 Å². The average molecular weight is 273 g/mol. The van der Waals surface area contributed by atoms with E-state index in [2.05, 4.69) is 40.1 Å². The van der Waals surface area contributed by atoms with E-state index >= 15 is 0 Å². The van der Waals surface area contributed by atoms with Gasteiger partial charge in [-0.1, -0.05) is 13.8 Å². The first-order valence-corrected chi connectivity index (χ1v) is 5.83. The number of nitrogens with one attached hydrogen (secondary N) is 1. The maximum atomic E-state index is 9.18. The van der Waals surface area contributed by atoms with Gasteiger partial charge in [0, 0.05) is 10.7 Å². The van der Waals surface area contributed by atoms with Crippen molar-refractivity contribution in [2.45, 2.75) is 26.8 Å². The van der Waals surface area contributed by atoms with Gasteiger partial charge in [-0.2, -0.15) is 0 Å². The van der Waals surface area contributed by atoms with Gasteiger partial charge in [0.1, 0.15) is 5.82 Å². The summed E-state index contributed by atoms with van der Waals surface area (Å²) in [5.41, 5.74) is 1.13. The Kier molecular flexibility index (Phi) is 4.54. The third-order valence-corrected chi connectivity index (χ3v) is 3.21. The lowest BCUT2D eigenvalue weighted by atomic mass is 10.1. The summed E-state index contributed by atoms with van der Waals surface area (Å²) in [5, 5.41) is 12.4. The van der Waals surface area contributed by atoms with E-state index in [1.807, 2.05) is 13.0 Å². The molecule has 2 N–H and O–H groups in total. The summed E-state index contributed by atoms with van der Waals surface area (Å²) in [7, 11) is 0. The Morgan fingerprint density at radius 1 is 1.53 bits per heavy atom. The topological polar surface area (TPSA) is 45.1 Å². The summed E-state index contributed by atoms with van der Waals surface area (Å²) in [4.78, 5) is 4.24. The highest BCUT2D eigenvalue weighted by Crippen LogP contribution is 2.18. The van der Waals surface area contributed by atoms with Crippen molar-refractivity contribution in [3.05, 3.63) is 22.3 Å². The van der Waals surface area contributed by atoms with Crippen LogP contribution in [0.1, 0.15) is 19.4 Å². The number of hydrogen-bond acceptors (Lipinski definition) is 3.